The molecular formula is C21H32N3O2+. The predicted molar refractivity (Wildman–Crippen MR) is 102 cm³/mol. The minimum absolute atomic E-state index is 0.0496. The first-order valence-corrected chi connectivity index (χ1v) is 9.92. The Morgan fingerprint density at radius 1 is 1.42 bits per heavy atom. The summed E-state index contributed by atoms with van der Waals surface area (Å²) in [7, 11) is 2.03. The molecule has 1 fully saturated rings. The van der Waals surface area contributed by atoms with E-state index in [1.54, 1.807) is 6.20 Å². The van der Waals surface area contributed by atoms with Gasteiger partial charge in [0.2, 0.25) is 0 Å². The Morgan fingerprint density at radius 3 is 2.88 bits per heavy atom. The smallest absolute Gasteiger partial charge is 0.348 e. The highest BCUT2D eigenvalue weighted by Crippen LogP contribution is 2.35. The van der Waals surface area contributed by atoms with Crippen LogP contribution >= 0.6 is 0 Å². The van der Waals surface area contributed by atoms with E-state index in [1.165, 1.54) is 6.42 Å². The zero-order valence-electron chi connectivity index (χ0n) is 16.7. The van der Waals surface area contributed by atoms with Crippen LogP contribution in [0.15, 0.2) is 18.5 Å². The minimum Gasteiger partial charge on any atom is -0.459 e. The molecule has 0 N–H and O–H groups in total. The molecule has 0 aromatic carbocycles. The van der Waals surface area contributed by atoms with E-state index < -0.39 is 0 Å². The number of carbonyl (C=O) groups is 1. The van der Waals surface area contributed by atoms with E-state index in [-0.39, 0.29) is 18.6 Å². The number of fused-ring (bicyclic) bond motifs is 1. The van der Waals surface area contributed by atoms with Gasteiger partial charge < -0.3 is 4.74 Å². The fourth-order valence-corrected chi connectivity index (χ4v) is 4.51. The lowest BCUT2D eigenvalue weighted by molar-refractivity contribution is -0.668. The quantitative estimate of drug-likeness (QED) is 0.608. The van der Waals surface area contributed by atoms with Gasteiger partial charge in [-0.05, 0) is 30.6 Å². The Balaban J connectivity index is 1.81. The number of aromatic nitrogens is 3. The zero-order chi connectivity index (χ0) is 18.8. The predicted octanol–water partition coefficient (Wildman–Crippen LogP) is 3.43. The van der Waals surface area contributed by atoms with Gasteiger partial charge in [0.25, 0.3) is 5.82 Å². The second-order valence-electron chi connectivity index (χ2n) is 8.13. The summed E-state index contributed by atoms with van der Waals surface area (Å²) in [5.74, 6) is 2.64. The van der Waals surface area contributed by atoms with Crippen molar-refractivity contribution in [3.05, 3.63) is 24.3 Å². The number of pyridine rings is 1. The van der Waals surface area contributed by atoms with E-state index >= 15 is 0 Å². The van der Waals surface area contributed by atoms with Crippen molar-refractivity contribution in [3.63, 3.8) is 0 Å². The van der Waals surface area contributed by atoms with Gasteiger partial charge >= 0.3 is 5.97 Å². The highest BCUT2D eigenvalue weighted by Gasteiger charge is 2.34. The Bertz CT molecular complexity index is 781. The average Bonchev–Trinajstić information content (AvgIpc) is 2.86. The van der Waals surface area contributed by atoms with E-state index in [1.807, 2.05) is 19.3 Å². The molecule has 1 aliphatic rings. The molecular weight excluding hydrogens is 326 g/mol. The maximum absolute atomic E-state index is 12.8. The molecule has 2 heterocycles. The maximum Gasteiger partial charge on any atom is 0.348 e. The van der Waals surface area contributed by atoms with Gasteiger partial charge in [0.05, 0.1) is 13.2 Å². The Kier molecular flexibility index (Phi) is 5.64. The summed E-state index contributed by atoms with van der Waals surface area (Å²) in [4.78, 5) is 17.0. The third kappa shape index (κ3) is 3.62. The lowest BCUT2D eigenvalue weighted by atomic mass is 9.75. The third-order valence-electron chi connectivity index (χ3n) is 5.98. The van der Waals surface area contributed by atoms with Crippen molar-refractivity contribution in [2.24, 2.45) is 24.8 Å². The maximum atomic E-state index is 12.8. The van der Waals surface area contributed by atoms with E-state index in [0.29, 0.717) is 17.8 Å². The monoisotopic (exact) mass is 358 g/mol. The molecule has 3 rings (SSSR count). The fraction of sp³-hybridized carbons (Fsp3) is 0.667. The molecule has 1 saturated carbocycles. The number of ether oxygens (including phenoxy) is 1. The molecule has 5 nitrogen and oxygen atoms in total. The lowest BCUT2D eigenvalue weighted by Crippen LogP contribution is -2.44. The molecule has 1 unspecified atom stereocenters. The molecule has 0 bridgehead atoms. The van der Waals surface area contributed by atoms with Crippen LogP contribution in [0.5, 0.6) is 0 Å². The molecule has 142 valence electrons. The number of nitrogens with zero attached hydrogens (tertiary/aromatic N) is 3. The Labute approximate surface area is 156 Å². The summed E-state index contributed by atoms with van der Waals surface area (Å²) in [5, 5.41) is 0. The standard InChI is InChI=1S/C21H32N3O2/c1-6-20-23(5)18-12-22-10-9-17(18)24(20)13-21(25)26-19-11-15(4)7-8-16(19)14(2)3/h9-10,12,14-16,19H,6-8,11,13H2,1-5H3/q+1/t15-,16+,19?/m1/s1. The van der Waals surface area contributed by atoms with E-state index in [9.17, 15) is 4.79 Å². The van der Waals surface area contributed by atoms with Crippen molar-refractivity contribution in [1.29, 1.82) is 0 Å². The summed E-state index contributed by atoms with van der Waals surface area (Å²) < 4.78 is 10.2. The van der Waals surface area contributed by atoms with Crippen LogP contribution in [0.3, 0.4) is 0 Å². The number of aryl methyl sites for hydroxylation is 1. The van der Waals surface area contributed by atoms with Crippen LogP contribution in [0.2, 0.25) is 0 Å². The second kappa shape index (κ2) is 7.77. The zero-order valence-corrected chi connectivity index (χ0v) is 16.7. The van der Waals surface area contributed by atoms with E-state index in [0.717, 1.165) is 36.1 Å². The van der Waals surface area contributed by atoms with Gasteiger partial charge in [0.1, 0.15) is 6.10 Å². The fourth-order valence-electron chi connectivity index (χ4n) is 4.51. The van der Waals surface area contributed by atoms with Gasteiger partial charge in [0.15, 0.2) is 17.6 Å². The van der Waals surface area contributed by atoms with Crippen molar-refractivity contribution >= 4 is 17.0 Å². The topological polar surface area (TPSA) is 48.0 Å². The highest BCUT2D eigenvalue weighted by molar-refractivity contribution is 5.73. The average molecular weight is 359 g/mol. The van der Waals surface area contributed by atoms with E-state index in [4.69, 9.17) is 4.74 Å². The van der Waals surface area contributed by atoms with Gasteiger partial charge in [-0.25, -0.2) is 13.9 Å². The van der Waals surface area contributed by atoms with Crippen LogP contribution in [0.1, 0.15) is 52.8 Å². The summed E-state index contributed by atoms with van der Waals surface area (Å²) in [6.45, 7) is 9.12. The number of imidazole rings is 1. The van der Waals surface area contributed by atoms with Crippen molar-refractivity contribution in [2.45, 2.75) is 66.0 Å². The van der Waals surface area contributed by atoms with Gasteiger partial charge in [0, 0.05) is 18.7 Å². The first-order chi connectivity index (χ1) is 12.4. The van der Waals surface area contributed by atoms with Crippen molar-refractivity contribution in [2.75, 3.05) is 0 Å². The number of rotatable bonds is 5. The number of carbonyl (C=O) groups excluding carboxylic acids is 1. The first-order valence-electron chi connectivity index (χ1n) is 9.92. The Hall–Kier alpha value is -1.91. The molecule has 0 amide bonds. The van der Waals surface area contributed by atoms with Crippen LogP contribution in [0.25, 0.3) is 11.0 Å². The molecule has 1 aliphatic carbocycles. The van der Waals surface area contributed by atoms with Crippen molar-refractivity contribution in [1.82, 2.24) is 9.55 Å². The molecule has 2 aromatic heterocycles. The normalized spacial score (nSPS) is 23.5. The molecule has 0 aliphatic heterocycles. The van der Waals surface area contributed by atoms with Gasteiger partial charge in [-0.3, -0.25) is 4.98 Å². The van der Waals surface area contributed by atoms with Crippen LogP contribution < -0.4 is 4.57 Å². The van der Waals surface area contributed by atoms with Crippen molar-refractivity contribution < 1.29 is 14.1 Å². The van der Waals surface area contributed by atoms with E-state index in [2.05, 4.69) is 41.8 Å². The van der Waals surface area contributed by atoms with Crippen LogP contribution in [-0.2, 0) is 29.5 Å². The molecule has 5 heteroatoms. The molecule has 0 spiro atoms. The number of hydrogen-bond donors (Lipinski definition) is 0. The molecule has 3 atom stereocenters. The van der Waals surface area contributed by atoms with Gasteiger partial charge in [-0.2, -0.15) is 0 Å². The lowest BCUT2D eigenvalue weighted by Gasteiger charge is -2.36. The first kappa shape index (κ1) is 18.9. The van der Waals surface area contributed by atoms with Crippen LogP contribution in [0, 0.1) is 17.8 Å². The van der Waals surface area contributed by atoms with Gasteiger partial charge in [-0.15, -0.1) is 0 Å². The summed E-state index contributed by atoms with van der Waals surface area (Å²) in [6, 6.07) is 1.97. The molecule has 2 aromatic rings. The largest absolute Gasteiger partial charge is 0.459 e. The molecule has 0 radical (unpaired) electrons. The second-order valence-corrected chi connectivity index (χ2v) is 8.13. The summed E-state index contributed by atoms with van der Waals surface area (Å²) >= 11 is 0. The minimum atomic E-state index is -0.126. The number of esters is 1. The summed E-state index contributed by atoms with van der Waals surface area (Å²) in [6.07, 6.45) is 7.92. The Morgan fingerprint density at radius 2 is 2.19 bits per heavy atom. The third-order valence-corrected chi connectivity index (χ3v) is 5.98. The van der Waals surface area contributed by atoms with Gasteiger partial charge in [-0.1, -0.05) is 34.1 Å². The summed E-state index contributed by atoms with van der Waals surface area (Å²) in [5.41, 5.74) is 2.08. The van der Waals surface area contributed by atoms with Crippen LogP contribution in [0.4, 0.5) is 0 Å². The SMILES string of the molecule is CCc1n(C)c2cnccc2[n+]1CC(=O)OC1C[C@H](C)CC[C@H]1C(C)C. The number of hydrogen-bond acceptors (Lipinski definition) is 3. The van der Waals surface area contributed by atoms with Crippen LogP contribution in [-0.4, -0.2) is 21.6 Å². The molecule has 26 heavy (non-hydrogen) atoms. The molecule has 0 saturated heterocycles. The van der Waals surface area contributed by atoms with Crippen molar-refractivity contribution in [3.8, 4) is 0 Å². The highest BCUT2D eigenvalue weighted by atomic mass is 16.5.